The normalized spacial score (nSPS) is 18.4. The van der Waals surface area contributed by atoms with Crippen LogP contribution >= 0.6 is 0 Å². The SMILES string of the molecule is CC(C)N(CC(=O)Nc1nn(-c2ccccc2)cc1-c1ccccc1)C(=O)C1CC(=O)OC12CCCCC2. The van der Waals surface area contributed by atoms with Crippen molar-refractivity contribution in [2.24, 2.45) is 5.92 Å². The second kappa shape index (κ2) is 10.8. The highest BCUT2D eigenvalue weighted by molar-refractivity contribution is 5.98. The molecule has 1 aliphatic heterocycles. The summed E-state index contributed by atoms with van der Waals surface area (Å²) in [6.45, 7) is 3.63. The molecule has 2 aliphatic rings. The smallest absolute Gasteiger partial charge is 0.307 e. The molecule has 2 aromatic carbocycles. The monoisotopic (exact) mass is 514 g/mol. The number of rotatable bonds is 7. The molecular weight excluding hydrogens is 480 g/mol. The lowest BCUT2D eigenvalue weighted by atomic mass is 9.75. The third-order valence-corrected chi connectivity index (χ3v) is 7.62. The Labute approximate surface area is 223 Å². The van der Waals surface area contributed by atoms with Gasteiger partial charge in [-0.1, -0.05) is 55.0 Å². The van der Waals surface area contributed by atoms with Crippen LogP contribution in [0.2, 0.25) is 0 Å². The van der Waals surface area contributed by atoms with Gasteiger partial charge in [0.1, 0.15) is 12.1 Å². The number of para-hydroxylation sites is 1. The van der Waals surface area contributed by atoms with E-state index in [-0.39, 0.29) is 36.8 Å². The van der Waals surface area contributed by atoms with Gasteiger partial charge in [0, 0.05) is 17.8 Å². The summed E-state index contributed by atoms with van der Waals surface area (Å²) in [4.78, 5) is 41.0. The average molecular weight is 515 g/mol. The lowest BCUT2D eigenvalue weighted by Crippen LogP contribution is -2.51. The second-order valence-corrected chi connectivity index (χ2v) is 10.5. The van der Waals surface area contributed by atoms with Crippen molar-refractivity contribution in [2.75, 3.05) is 11.9 Å². The van der Waals surface area contributed by atoms with Gasteiger partial charge in [-0.15, -0.1) is 5.10 Å². The number of amides is 2. The van der Waals surface area contributed by atoms with Crippen molar-refractivity contribution < 1.29 is 19.1 Å². The number of nitrogens with one attached hydrogen (secondary N) is 1. The van der Waals surface area contributed by atoms with E-state index in [9.17, 15) is 14.4 Å². The summed E-state index contributed by atoms with van der Waals surface area (Å²) in [6.07, 6.45) is 6.31. The standard InChI is InChI=1S/C30H34N4O4/c1-21(2)33(29(37)25-18-27(36)38-30(25)16-10-5-11-17-30)20-26(35)31-28-24(22-12-6-3-7-13-22)19-34(32-28)23-14-8-4-9-15-23/h3-4,6-9,12-15,19,21,25H,5,10-11,16-18,20H2,1-2H3,(H,31,32,35). The molecular formula is C30H34N4O4. The van der Waals surface area contributed by atoms with Crippen molar-refractivity contribution in [2.45, 2.75) is 64.0 Å². The van der Waals surface area contributed by atoms with Crippen molar-refractivity contribution >= 4 is 23.6 Å². The van der Waals surface area contributed by atoms with Crippen LogP contribution in [0.5, 0.6) is 0 Å². The van der Waals surface area contributed by atoms with E-state index in [1.54, 1.807) is 9.58 Å². The predicted molar refractivity (Wildman–Crippen MR) is 144 cm³/mol. The fourth-order valence-electron chi connectivity index (χ4n) is 5.65. The van der Waals surface area contributed by atoms with E-state index >= 15 is 0 Å². The van der Waals surface area contributed by atoms with Crippen molar-refractivity contribution in [1.29, 1.82) is 0 Å². The van der Waals surface area contributed by atoms with E-state index in [2.05, 4.69) is 10.4 Å². The fourth-order valence-corrected chi connectivity index (χ4v) is 5.65. The lowest BCUT2D eigenvalue weighted by Gasteiger charge is -2.38. The highest BCUT2D eigenvalue weighted by Gasteiger charge is 2.54. The first-order valence-corrected chi connectivity index (χ1v) is 13.4. The first-order valence-electron chi connectivity index (χ1n) is 13.4. The van der Waals surface area contributed by atoms with Crippen LogP contribution in [-0.2, 0) is 19.1 Å². The number of hydrogen-bond acceptors (Lipinski definition) is 5. The van der Waals surface area contributed by atoms with Crippen LogP contribution in [0.25, 0.3) is 16.8 Å². The zero-order valence-electron chi connectivity index (χ0n) is 21.9. The van der Waals surface area contributed by atoms with E-state index in [0.29, 0.717) is 18.7 Å². The molecule has 1 saturated carbocycles. The first kappa shape index (κ1) is 25.7. The molecule has 1 saturated heterocycles. The van der Waals surface area contributed by atoms with Gasteiger partial charge in [-0.05, 0) is 57.2 Å². The number of carbonyl (C=O) groups excluding carboxylic acids is 3. The molecule has 2 amide bonds. The maximum absolute atomic E-state index is 13.8. The Kier molecular flexibility index (Phi) is 7.31. The molecule has 1 spiro atoms. The van der Waals surface area contributed by atoms with Crippen LogP contribution in [0.3, 0.4) is 0 Å². The number of esters is 1. The molecule has 1 aromatic heterocycles. The molecule has 1 N–H and O–H groups in total. The minimum atomic E-state index is -0.731. The van der Waals surface area contributed by atoms with Crippen LogP contribution in [0.1, 0.15) is 52.4 Å². The number of hydrogen-bond donors (Lipinski definition) is 1. The highest BCUT2D eigenvalue weighted by atomic mass is 16.6. The van der Waals surface area contributed by atoms with Gasteiger partial charge in [0.05, 0.1) is 18.0 Å². The number of anilines is 1. The summed E-state index contributed by atoms with van der Waals surface area (Å²) in [5, 5.41) is 7.61. The Hall–Kier alpha value is -3.94. The fraction of sp³-hybridized carbons (Fsp3) is 0.400. The zero-order valence-corrected chi connectivity index (χ0v) is 21.9. The summed E-state index contributed by atoms with van der Waals surface area (Å²) >= 11 is 0. The summed E-state index contributed by atoms with van der Waals surface area (Å²) < 4.78 is 7.50. The maximum Gasteiger partial charge on any atom is 0.307 e. The third kappa shape index (κ3) is 5.21. The largest absolute Gasteiger partial charge is 0.458 e. The lowest BCUT2D eigenvalue weighted by molar-refractivity contribution is -0.156. The van der Waals surface area contributed by atoms with Crippen molar-refractivity contribution in [1.82, 2.24) is 14.7 Å². The Bertz CT molecular complexity index is 1300. The predicted octanol–water partition coefficient (Wildman–Crippen LogP) is 4.98. The number of aromatic nitrogens is 2. The van der Waals surface area contributed by atoms with Crippen molar-refractivity contribution in [3.8, 4) is 16.8 Å². The summed E-state index contributed by atoms with van der Waals surface area (Å²) in [7, 11) is 0. The van der Waals surface area contributed by atoms with E-state index in [0.717, 1.165) is 36.1 Å². The van der Waals surface area contributed by atoms with E-state index in [1.807, 2.05) is 80.7 Å². The molecule has 1 unspecified atom stereocenters. The summed E-state index contributed by atoms with van der Waals surface area (Å²) in [5.74, 6) is -0.990. The molecule has 2 fully saturated rings. The molecule has 5 rings (SSSR count). The number of carbonyl (C=O) groups is 3. The molecule has 8 nitrogen and oxygen atoms in total. The minimum absolute atomic E-state index is 0.0727. The molecule has 3 aromatic rings. The molecule has 198 valence electrons. The number of nitrogens with zero attached hydrogens (tertiary/aromatic N) is 3. The zero-order chi connectivity index (χ0) is 26.7. The second-order valence-electron chi connectivity index (χ2n) is 10.5. The summed E-state index contributed by atoms with van der Waals surface area (Å²) in [6, 6.07) is 19.2. The quantitative estimate of drug-likeness (QED) is 0.449. The van der Waals surface area contributed by atoms with Crippen molar-refractivity contribution in [3.63, 3.8) is 0 Å². The van der Waals surface area contributed by atoms with Crippen LogP contribution in [0.15, 0.2) is 66.9 Å². The van der Waals surface area contributed by atoms with Gasteiger partial charge in [-0.3, -0.25) is 14.4 Å². The van der Waals surface area contributed by atoms with Gasteiger partial charge in [0.15, 0.2) is 5.82 Å². The highest BCUT2D eigenvalue weighted by Crippen LogP contribution is 2.45. The molecule has 1 atom stereocenters. The Balaban J connectivity index is 1.38. The first-order chi connectivity index (χ1) is 18.4. The van der Waals surface area contributed by atoms with Crippen LogP contribution in [-0.4, -0.2) is 50.7 Å². The summed E-state index contributed by atoms with van der Waals surface area (Å²) in [5.41, 5.74) is 1.84. The molecule has 8 heteroatoms. The van der Waals surface area contributed by atoms with E-state index in [1.165, 1.54) is 0 Å². The van der Waals surface area contributed by atoms with Crippen molar-refractivity contribution in [3.05, 3.63) is 66.9 Å². The molecule has 1 aliphatic carbocycles. The molecule has 2 heterocycles. The van der Waals surface area contributed by atoms with Crippen LogP contribution < -0.4 is 5.32 Å². The topological polar surface area (TPSA) is 93.5 Å². The van der Waals surface area contributed by atoms with Gasteiger partial charge in [-0.2, -0.15) is 0 Å². The average Bonchev–Trinajstić information content (AvgIpc) is 3.48. The molecule has 0 radical (unpaired) electrons. The van der Waals surface area contributed by atoms with Gasteiger partial charge in [-0.25, -0.2) is 4.68 Å². The van der Waals surface area contributed by atoms with Gasteiger partial charge < -0.3 is 15.0 Å². The van der Waals surface area contributed by atoms with E-state index < -0.39 is 11.5 Å². The Morgan fingerprint density at radius 2 is 1.71 bits per heavy atom. The Morgan fingerprint density at radius 3 is 2.37 bits per heavy atom. The third-order valence-electron chi connectivity index (χ3n) is 7.62. The maximum atomic E-state index is 13.8. The number of ether oxygens (including phenoxy) is 1. The molecule has 0 bridgehead atoms. The van der Waals surface area contributed by atoms with Gasteiger partial charge in [0.2, 0.25) is 11.8 Å². The number of benzene rings is 2. The van der Waals surface area contributed by atoms with E-state index in [4.69, 9.17) is 4.74 Å². The van der Waals surface area contributed by atoms with Gasteiger partial charge >= 0.3 is 5.97 Å². The van der Waals surface area contributed by atoms with Gasteiger partial charge in [0.25, 0.3) is 0 Å². The van der Waals surface area contributed by atoms with Crippen LogP contribution in [0.4, 0.5) is 5.82 Å². The van der Waals surface area contributed by atoms with Crippen LogP contribution in [0, 0.1) is 5.92 Å². The Morgan fingerprint density at radius 1 is 1.05 bits per heavy atom. The molecule has 38 heavy (non-hydrogen) atoms. The minimum Gasteiger partial charge on any atom is -0.458 e.